The second kappa shape index (κ2) is 6.49. The molecule has 1 nitrogen and oxygen atoms in total. The molecule has 0 heterocycles. The maximum Gasteiger partial charge on any atom is 0.203 e. The second-order valence-electron chi connectivity index (χ2n) is 2.59. The Morgan fingerprint density at radius 1 is 1.33 bits per heavy atom. The Balaban J connectivity index is 2.75. The average molecular weight is 145 g/mol. The lowest BCUT2D eigenvalue weighted by atomic mass is 9.85. The lowest BCUT2D eigenvalue weighted by molar-refractivity contribution is 0.652. The highest BCUT2D eigenvalue weighted by molar-refractivity contribution is 7.80. The number of hydrogen-bond acceptors (Lipinski definition) is 2. The average Bonchev–Trinajstić information content (AvgIpc) is 1.80. The van der Waals surface area contributed by atoms with Crippen molar-refractivity contribution in [2.24, 2.45) is 0 Å². The summed E-state index contributed by atoms with van der Waals surface area (Å²) in [6.45, 7) is 0. The molecule has 9 heavy (non-hydrogen) atoms. The quantitative estimate of drug-likeness (QED) is 0.343. The van der Waals surface area contributed by atoms with Crippen molar-refractivity contribution in [1.29, 1.82) is 0 Å². The molecule has 0 spiro atoms. The summed E-state index contributed by atoms with van der Waals surface area (Å²) < 4.78 is 0. The van der Waals surface area contributed by atoms with Gasteiger partial charge in [-0.1, -0.05) is 12.7 Å². The van der Waals surface area contributed by atoms with Crippen LogP contribution in [0.5, 0.6) is 0 Å². The molecule has 0 atom stereocenters. The first kappa shape index (κ1) is 9.37. The Morgan fingerprint density at radius 2 is 2.00 bits per heavy atom. The van der Waals surface area contributed by atoms with Crippen molar-refractivity contribution in [3.8, 4) is 0 Å². The van der Waals surface area contributed by atoms with Crippen LogP contribution >= 0.6 is 12.6 Å². The van der Waals surface area contributed by atoms with Crippen molar-refractivity contribution < 1.29 is 0 Å². The molecule has 0 saturated carbocycles. The van der Waals surface area contributed by atoms with E-state index in [0.717, 1.165) is 5.75 Å². The van der Waals surface area contributed by atoms with Gasteiger partial charge in [-0.05, 0) is 26.3 Å². The first-order valence-corrected chi connectivity index (χ1v) is 4.16. The van der Waals surface area contributed by atoms with Gasteiger partial charge in [-0.25, -0.2) is 0 Å². The maximum absolute atomic E-state index is 4.13. The number of unbranched alkanes of at least 4 members (excludes halogenated alkanes) is 1. The number of hydrogen-bond donors (Lipinski definition) is 1. The molecule has 0 N–H and O–H groups in total. The van der Waals surface area contributed by atoms with Crippen LogP contribution in [-0.2, 0) is 0 Å². The van der Waals surface area contributed by atoms with E-state index >= 15 is 0 Å². The topological polar surface area (TPSA) is 3.24 Å². The van der Waals surface area contributed by atoms with Crippen molar-refractivity contribution in [3.05, 3.63) is 0 Å². The fraction of sp³-hybridized carbons (Fsp3) is 1.00. The summed E-state index contributed by atoms with van der Waals surface area (Å²) >= 11 is 4.13. The largest absolute Gasteiger partial charge is 0.350 e. The molecule has 0 saturated heterocycles. The first-order valence-electron chi connectivity index (χ1n) is 3.53. The van der Waals surface area contributed by atoms with Crippen LogP contribution in [0.15, 0.2) is 0 Å². The number of nitrogens with zero attached hydrogens (tertiary/aromatic N) is 1. The molecule has 0 aromatic rings. The van der Waals surface area contributed by atoms with Crippen LogP contribution in [0.1, 0.15) is 12.8 Å². The molecule has 0 aliphatic rings. The van der Waals surface area contributed by atoms with Crippen LogP contribution < -0.4 is 0 Å². The summed E-state index contributed by atoms with van der Waals surface area (Å²) in [4.78, 5) is 2.22. The molecule has 0 radical (unpaired) electrons. The Hall–Kier alpha value is 0.375. The summed E-state index contributed by atoms with van der Waals surface area (Å²) in [6, 6.07) is 0. The van der Waals surface area contributed by atoms with Crippen molar-refractivity contribution >= 4 is 20.0 Å². The molecule has 0 amide bonds. The molecular formula is C6H16BNS. The lowest BCUT2D eigenvalue weighted by Gasteiger charge is -2.05. The minimum atomic E-state index is 1.04. The fourth-order valence-electron chi connectivity index (χ4n) is 0.717. The van der Waals surface area contributed by atoms with Gasteiger partial charge in [0, 0.05) is 0 Å². The van der Waals surface area contributed by atoms with E-state index in [4.69, 9.17) is 0 Å². The number of rotatable bonds is 5. The van der Waals surface area contributed by atoms with Crippen LogP contribution in [0.25, 0.3) is 0 Å². The zero-order valence-electron chi connectivity index (χ0n) is 6.43. The van der Waals surface area contributed by atoms with Gasteiger partial charge in [-0.15, -0.1) is 0 Å². The summed E-state index contributed by atoms with van der Waals surface area (Å²) in [6.07, 6.45) is 3.90. The summed E-state index contributed by atoms with van der Waals surface area (Å²) in [5, 5.41) is 0. The van der Waals surface area contributed by atoms with Crippen molar-refractivity contribution in [3.63, 3.8) is 0 Å². The van der Waals surface area contributed by atoms with E-state index in [0.29, 0.717) is 0 Å². The highest BCUT2D eigenvalue weighted by Gasteiger charge is 1.91. The van der Waals surface area contributed by atoms with Gasteiger partial charge in [0.15, 0.2) is 0 Å². The second-order valence-corrected chi connectivity index (χ2v) is 3.03. The van der Waals surface area contributed by atoms with Gasteiger partial charge in [0.2, 0.25) is 7.41 Å². The Morgan fingerprint density at radius 3 is 2.44 bits per heavy atom. The van der Waals surface area contributed by atoms with Gasteiger partial charge in [-0.3, -0.25) is 0 Å². The fourth-order valence-corrected chi connectivity index (χ4v) is 0.940. The molecule has 0 aliphatic heterocycles. The van der Waals surface area contributed by atoms with Crippen LogP contribution in [0, 0.1) is 0 Å². The first-order chi connectivity index (χ1) is 4.27. The highest BCUT2D eigenvalue weighted by atomic mass is 32.1. The molecule has 0 bridgehead atoms. The van der Waals surface area contributed by atoms with E-state index in [1.807, 2.05) is 0 Å². The lowest BCUT2D eigenvalue weighted by Crippen LogP contribution is -2.16. The predicted molar refractivity (Wildman–Crippen MR) is 48.7 cm³/mol. The maximum atomic E-state index is 4.13. The third-order valence-corrected chi connectivity index (χ3v) is 1.58. The molecule has 0 rings (SSSR count). The van der Waals surface area contributed by atoms with Crippen molar-refractivity contribution in [1.82, 2.24) is 4.81 Å². The standard InChI is InChI=1S/C6H16BNS/c1-8(2)7-5-3-4-6-9/h7,9H,3-6H2,1-2H3. The van der Waals surface area contributed by atoms with Gasteiger partial charge in [0.1, 0.15) is 0 Å². The third kappa shape index (κ3) is 8.37. The minimum Gasteiger partial charge on any atom is -0.350 e. The SMILES string of the molecule is CN(C)BCCCCS. The van der Waals surface area contributed by atoms with Crippen LogP contribution in [0.3, 0.4) is 0 Å². The Bertz CT molecular complexity index is 59.0. The predicted octanol–water partition coefficient (Wildman–Crippen LogP) is 1.03. The van der Waals surface area contributed by atoms with Gasteiger partial charge >= 0.3 is 0 Å². The van der Waals surface area contributed by atoms with E-state index in [1.165, 1.54) is 26.6 Å². The van der Waals surface area contributed by atoms with Crippen LogP contribution in [0.2, 0.25) is 6.32 Å². The molecule has 3 heteroatoms. The van der Waals surface area contributed by atoms with Crippen LogP contribution in [-0.4, -0.2) is 32.1 Å². The third-order valence-electron chi connectivity index (χ3n) is 1.26. The zero-order valence-corrected chi connectivity index (χ0v) is 7.32. The molecule has 54 valence electrons. The molecule has 0 aromatic heterocycles. The van der Waals surface area contributed by atoms with E-state index < -0.39 is 0 Å². The van der Waals surface area contributed by atoms with Gasteiger partial charge in [0.05, 0.1) is 0 Å². The molecule has 0 unspecified atom stereocenters. The summed E-state index contributed by atoms with van der Waals surface area (Å²) in [5.74, 6) is 1.04. The molecular weight excluding hydrogens is 129 g/mol. The zero-order chi connectivity index (χ0) is 7.11. The summed E-state index contributed by atoms with van der Waals surface area (Å²) in [5.41, 5.74) is 0. The van der Waals surface area contributed by atoms with Crippen molar-refractivity contribution in [2.75, 3.05) is 19.8 Å². The van der Waals surface area contributed by atoms with Gasteiger partial charge in [-0.2, -0.15) is 12.6 Å². The van der Waals surface area contributed by atoms with Crippen molar-refractivity contribution in [2.45, 2.75) is 19.2 Å². The summed E-state index contributed by atoms with van der Waals surface area (Å²) in [7, 11) is 5.44. The number of thiol groups is 1. The van der Waals surface area contributed by atoms with Crippen LogP contribution in [0.4, 0.5) is 0 Å². The highest BCUT2D eigenvalue weighted by Crippen LogP contribution is 1.96. The normalized spacial score (nSPS) is 10.2. The minimum absolute atomic E-state index is 1.04. The Labute approximate surface area is 64.5 Å². The monoisotopic (exact) mass is 145 g/mol. The molecule has 0 aromatic carbocycles. The van der Waals surface area contributed by atoms with E-state index in [9.17, 15) is 0 Å². The smallest absolute Gasteiger partial charge is 0.203 e. The van der Waals surface area contributed by atoms with E-state index in [2.05, 4.69) is 31.5 Å². The molecule has 0 fully saturated rings. The van der Waals surface area contributed by atoms with Gasteiger partial charge in [0.25, 0.3) is 0 Å². The van der Waals surface area contributed by atoms with Gasteiger partial charge < -0.3 is 4.81 Å². The Kier molecular flexibility index (Phi) is 6.76. The molecule has 0 aliphatic carbocycles. The van der Waals surface area contributed by atoms with E-state index in [1.54, 1.807) is 0 Å². The van der Waals surface area contributed by atoms with E-state index in [-0.39, 0.29) is 0 Å².